The average Bonchev–Trinajstić information content (AvgIpc) is 3.13. The van der Waals surface area contributed by atoms with E-state index in [1.54, 1.807) is 0 Å². The number of rotatable bonds is 4. The zero-order chi connectivity index (χ0) is 22.5. The predicted molar refractivity (Wildman–Crippen MR) is 119 cm³/mol. The van der Waals surface area contributed by atoms with Crippen LogP contribution in [0.4, 0.5) is 8.78 Å². The maximum atomic E-state index is 13.6. The molecule has 0 aromatic carbocycles. The van der Waals surface area contributed by atoms with Crippen LogP contribution in [0.3, 0.4) is 0 Å². The number of sulfone groups is 1. The van der Waals surface area contributed by atoms with E-state index < -0.39 is 15.8 Å². The van der Waals surface area contributed by atoms with Crippen molar-refractivity contribution in [2.75, 3.05) is 24.6 Å². The van der Waals surface area contributed by atoms with Crippen molar-refractivity contribution in [3.8, 4) is 0 Å². The molecule has 3 saturated carbocycles. The molecule has 0 N–H and O–H groups in total. The zero-order valence-corrected chi connectivity index (χ0v) is 20.0. The smallest absolute Gasteiger partial charge is 0.248 e. The molecule has 2 saturated heterocycles. The molecule has 0 radical (unpaired) electrons. The van der Waals surface area contributed by atoms with Crippen LogP contribution in [-0.2, 0) is 9.84 Å². The van der Waals surface area contributed by atoms with E-state index in [4.69, 9.17) is 5.10 Å². The maximum absolute atomic E-state index is 13.6. The molecule has 1 aromatic rings. The summed E-state index contributed by atoms with van der Waals surface area (Å²) in [6.07, 6.45) is 4.47. The molecule has 4 atom stereocenters. The molecule has 0 bridgehead atoms. The number of nitrogens with zero attached hydrogens (tertiary/aromatic N) is 3. The van der Waals surface area contributed by atoms with Crippen molar-refractivity contribution < 1.29 is 17.2 Å². The van der Waals surface area contributed by atoms with E-state index in [0.29, 0.717) is 48.1 Å². The molecule has 3 heterocycles. The molecule has 5 nitrogen and oxygen atoms in total. The highest BCUT2D eigenvalue weighted by Gasteiger charge is 2.61. The van der Waals surface area contributed by atoms with E-state index in [9.17, 15) is 17.2 Å². The monoisotopic (exact) mass is 467 g/mol. The summed E-state index contributed by atoms with van der Waals surface area (Å²) in [6.45, 7) is 6.32. The first kappa shape index (κ1) is 21.5. The van der Waals surface area contributed by atoms with Crippen LogP contribution in [0.1, 0.15) is 88.1 Å². The van der Waals surface area contributed by atoms with Crippen molar-refractivity contribution in [3.63, 3.8) is 0 Å². The molecule has 1 aromatic heterocycles. The Balaban J connectivity index is 1.12. The SMILES string of the molecule is CC(C)n1nc(C2CCC(F)(F)CC2)cc1C1[C@H]2CC(N3CCC4(C3)CS(=O)(=O)C4)C[C@@H]12. The van der Waals surface area contributed by atoms with Gasteiger partial charge in [-0.1, -0.05) is 0 Å². The van der Waals surface area contributed by atoms with Gasteiger partial charge in [0.1, 0.15) is 0 Å². The molecule has 2 aliphatic heterocycles. The Morgan fingerprint density at radius 3 is 2.34 bits per heavy atom. The van der Waals surface area contributed by atoms with Crippen LogP contribution in [0.15, 0.2) is 6.07 Å². The van der Waals surface area contributed by atoms with Crippen molar-refractivity contribution >= 4 is 9.84 Å². The van der Waals surface area contributed by atoms with Gasteiger partial charge in [-0.25, -0.2) is 17.2 Å². The summed E-state index contributed by atoms with van der Waals surface area (Å²) in [5.41, 5.74) is 2.40. The molecule has 1 spiro atoms. The summed E-state index contributed by atoms with van der Waals surface area (Å²) >= 11 is 0. The van der Waals surface area contributed by atoms with Gasteiger partial charge >= 0.3 is 0 Å². The van der Waals surface area contributed by atoms with E-state index in [2.05, 4.69) is 29.5 Å². The molecule has 2 unspecified atom stereocenters. The normalized spacial score (nSPS) is 37.7. The number of hydrogen-bond donors (Lipinski definition) is 0. The molecule has 0 amide bonds. The zero-order valence-electron chi connectivity index (χ0n) is 19.1. The number of halogens is 2. The lowest BCUT2D eigenvalue weighted by molar-refractivity contribution is -0.0385. The summed E-state index contributed by atoms with van der Waals surface area (Å²) in [4.78, 5) is 2.57. The van der Waals surface area contributed by atoms with Gasteiger partial charge in [-0.2, -0.15) is 5.10 Å². The molecule has 8 heteroatoms. The minimum Gasteiger partial charge on any atom is -0.300 e. The topological polar surface area (TPSA) is 55.2 Å². The number of hydrogen-bond acceptors (Lipinski definition) is 4. The lowest BCUT2D eigenvalue weighted by Gasteiger charge is -2.38. The molecular weight excluding hydrogens is 432 g/mol. The van der Waals surface area contributed by atoms with Crippen LogP contribution in [0.5, 0.6) is 0 Å². The largest absolute Gasteiger partial charge is 0.300 e. The second-order valence-corrected chi connectivity index (χ2v) is 14.0. The Morgan fingerprint density at radius 1 is 1.09 bits per heavy atom. The summed E-state index contributed by atoms with van der Waals surface area (Å²) in [6, 6.07) is 3.12. The lowest BCUT2D eigenvalue weighted by atomic mass is 9.84. The summed E-state index contributed by atoms with van der Waals surface area (Å²) < 4.78 is 52.8. The predicted octanol–water partition coefficient (Wildman–Crippen LogP) is 4.37. The van der Waals surface area contributed by atoms with Crippen molar-refractivity contribution in [1.29, 1.82) is 0 Å². The maximum Gasteiger partial charge on any atom is 0.248 e. The molecular formula is C24H35F2N3O2S. The second kappa shape index (κ2) is 7.00. The van der Waals surface area contributed by atoms with Gasteiger partial charge in [-0.15, -0.1) is 0 Å². The number of aromatic nitrogens is 2. The third-order valence-electron chi connectivity index (χ3n) is 9.21. The summed E-state index contributed by atoms with van der Waals surface area (Å²) in [7, 11) is -2.77. The summed E-state index contributed by atoms with van der Waals surface area (Å²) in [5.74, 6) is 0.392. The lowest BCUT2D eigenvalue weighted by Crippen LogP contribution is -2.50. The van der Waals surface area contributed by atoms with E-state index in [1.165, 1.54) is 18.5 Å². The number of fused-ring (bicyclic) bond motifs is 1. The summed E-state index contributed by atoms with van der Waals surface area (Å²) in [5, 5.41) is 4.92. The Hall–Kier alpha value is -1.02. The Bertz CT molecular complexity index is 986. The van der Waals surface area contributed by atoms with Crippen LogP contribution < -0.4 is 0 Å². The molecule has 32 heavy (non-hydrogen) atoms. The van der Waals surface area contributed by atoms with Crippen molar-refractivity contribution in [2.45, 2.75) is 88.6 Å². The Kier molecular flexibility index (Phi) is 4.70. The van der Waals surface area contributed by atoms with Crippen molar-refractivity contribution in [2.24, 2.45) is 17.3 Å². The highest BCUT2D eigenvalue weighted by Crippen LogP contribution is 2.64. The third-order valence-corrected chi connectivity index (χ3v) is 11.3. The first-order valence-corrected chi connectivity index (χ1v) is 14.3. The fourth-order valence-corrected chi connectivity index (χ4v) is 9.84. The third kappa shape index (κ3) is 3.55. The molecule has 5 fully saturated rings. The van der Waals surface area contributed by atoms with Crippen LogP contribution in [0.25, 0.3) is 0 Å². The molecule has 5 aliphatic rings. The van der Waals surface area contributed by atoms with Gasteiger partial charge < -0.3 is 0 Å². The van der Waals surface area contributed by atoms with E-state index in [1.807, 2.05) is 0 Å². The van der Waals surface area contributed by atoms with Gasteiger partial charge in [0.05, 0.1) is 17.2 Å². The van der Waals surface area contributed by atoms with Crippen molar-refractivity contribution in [3.05, 3.63) is 17.5 Å². The Labute approximate surface area is 189 Å². The standard InChI is InChI=1S/C24H35F2N3O2S/c1-15(2)29-21(11-20(27-29)16-3-5-24(25,26)6-4-16)22-18-9-17(10-19(18)22)28-8-7-23(12-28)13-32(30,31)14-23/h11,15-19,22H,3-10,12-14H2,1-2H3/t17?,18-,19+,22?. The van der Waals surface area contributed by atoms with Gasteiger partial charge in [-0.05, 0) is 70.4 Å². The first-order valence-electron chi connectivity index (χ1n) is 12.5. The van der Waals surface area contributed by atoms with Crippen LogP contribution in [0, 0.1) is 17.3 Å². The van der Waals surface area contributed by atoms with Crippen LogP contribution >= 0.6 is 0 Å². The van der Waals surface area contributed by atoms with Crippen molar-refractivity contribution in [1.82, 2.24) is 14.7 Å². The van der Waals surface area contributed by atoms with Gasteiger partial charge in [0.25, 0.3) is 0 Å². The minimum atomic E-state index is -2.77. The number of alkyl halides is 2. The highest BCUT2D eigenvalue weighted by atomic mass is 32.2. The average molecular weight is 468 g/mol. The fourth-order valence-electron chi connectivity index (χ4n) is 7.58. The molecule has 178 valence electrons. The van der Waals surface area contributed by atoms with E-state index >= 15 is 0 Å². The molecule has 3 aliphatic carbocycles. The quantitative estimate of drug-likeness (QED) is 0.660. The van der Waals surface area contributed by atoms with Gasteiger partial charge in [0.15, 0.2) is 9.84 Å². The highest BCUT2D eigenvalue weighted by molar-refractivity contribution is 7.92. The minimum absolute atomic E-state index is 0.0173. The first-order chi connectivity index (χ1) is 15.0. The molecule has 6 rings (SSSR count). The van der Waals surface area contributed by atoms with Crippen LogP contribution in [0.2, 0.25) is 0 Å². The van der Waals surface area contributed by atoms with Gasteiger partial charge in [0, 0.05) is 54.4 Å². The van der Waals surface area contributed by atoms with E-state index in [0.717, 1.165) is 25.2 Å². The Morgan fingerprint density at radius 2 is 1.75 bits per heavy atom. The number of likely N-dealkylation sites (tertiary alicyclic amines) is 1. The fraction of sp³-hybridized carbons (Fsp3) is 0.875. The van der Waals surface area contributed by atoms with Gasteiger partial charge in [-0.3, -0.25) is 9.58 Å². The van der Waals surface area contributed by atoms with Gasteiger partial charge in [0.2, 0.25) is 5.92 Å². The van der Waals surface area contributed by atoms with E-state index in [-0.39, 0.29) is 30.2 Å². The van der Waals surface area contributed by atoms with Crippen LogP contribution in [-0.4, -0.2) is 59.7 Å². The second-order valence-electron chi connectivity index (χ2n) is 11.9.